The molecule has 2 heteroatoms. The predicted molar refractivity (Wildman–Crippen MR) is 60.4 cm³/mol. The van der Waals surface area contributed by atoms with Crippen molar-refractivity contribution in [1.29, 1.82) is 0 Å². The number of rotatable bonds is 0. The Hall–Kier alpha value is -0.890. The average Bonchev–Trinajstić information content (AvgIpc) is 2.23. The Bertz CT molecular complexity index is 380. The maximum absolute atomic E-state index is 5.29. The highest BCUT2D eigenvalue weighted by Gasteiger charge is 2.34. The molecule has 1 N–H and O–H groups in total. The van der Waals surface area contributed by atoms with Crippen molar-refractivity contribution in [2.75, 3.05) is 5.32 Å². The van der Waals surface area contributed by atoms with Crippen molar-refractivity contribution in [2.45, 2.75) is 26.2 Å². The smallest absolute Gasteiger partial charge is 0.0899 e. The number of thiocarbonyl (C=S) groups is 1. The lowest BCUT2D eigenvalue weighted by Crippen LogP contribution is -2.24. The lowest BCUT2D eigenvalue weighted by Gasteiger charge is -2.17. The van der Waals surface area contributed by atoms with Crippen molar-refractivity contribution < 1.29 is 0 Å². The monoisotopic (exact) mass is 191 g/mol. The van der Waals surface area contributed by atoms with Gasteiger partial charge < -0.3 is 5.32 Å². The molecule has 1 heterocycles. The van der Waals surface area contributed by atoms with Gasteiger partial charge in [0.1, 0.15) is 0 Å². The van der Waals surface area contributed by atoms with Gasteiger partial charge in [-0.05, 0) is 38.0 Å². The van der Waals surface area contributed by atoms with Crippen LogP contribution in [-0.4, -0.2) is 4.99 Å². The summed E-state index contributed by atoms with van der Waals surface area (Å²) < 4.78 is 0. The van der Waals surface area contributed by atoms with Gasteiger partial charge in [0.05, 0.1) is 4.99 Å². The summed E-state index contributed by atoms with van der Waals surface area (Å²) in [6, 6.07) is 6.45. The third-order valence-corrected chi connectivity index (χ3v) is 3.28. The first-order chi connectivity index (χ1) is 6.01. The van der Waals surface area contributed by atoms with Crippen molar-refractivity contribution in [3.63, 3.8) is 0 Å². The maximum atomic E-state index is 5.29. The number of anilines is 1. The minimum atomic E-state index is -0.00162. The maximum Gasteiger partial charge on any atom is 0.0899 e. The van der Waals surface area contributed by atoms with E-state index in [1.165, 1.54) is 16.8 Å². The van der Waals surface area contributed by atoms with Gasteiger partial charge in [-0.25, -0.2) is 0 Å². The quantitative estimate of drug-likeness (QED) is 0.633. The number of nitrogens with one attached hydrogen (secondary N) is 1. The van der Waals surface area contributed by atoms with Crippen LogP contribution in [0, 0.1) is 6.92 Å². The molecule has 68 valence electrons. The van der Waals surface area contributed by atoms with Crippen LogP contribution in [0.1, 0.15) is 25.0 Å². The van der Waals surface area contributed by atoms with Crippen molar-refractivity contribution >= 4 is 22.9 Å². The zero-order chi connectivity index (χ0) is 9.64. The molecule has 1 aromatic carbocycles. The van der Waals surface area contributed by atoms with Crippen LogP contribution >= 0.6 is 12.2 Å². The molecule has 1 aliphatic heterocycles. The fourth-order valence-electron chi connectivity index (χ4n) is 1.71. The SMILES string of the molecule is Cc1ccc2c(c1)NC(=S)C2(C)C. The molecule has 0 saturated heterocycles. The van der Waals surface area contributed by atoms with Crippen molar-refractivity contribution in [1.82, 2.24) is 0 Å². The van der Waals surface area contributed by atoms with Crippen LogP contribution < -0.4 is 5.32 Å². The summed E-state index contributed by atoms with van der Waals surface area (Å²) in [5.74, 6) is 0. The first kappa shape index (κ1) is 8.70. The van der Waals surface area contributed by atoms with Crippen LogP contribution in [0.15, 0.2) is 18.2 Å². The minimum absolute atomic E-state index is 0.00162. The van der Waals surface area contributed by atoms with E-state index in [1.807, 2.05) is 0 Å². The summed E-state index contributed by atoms with van der Waals surface area (Å²) >= 11 is 5.29. The van der Waals surface area contributed by atoms with Gasteiger partial charge in [0.15, 0.2) is 0 Å². The van der Waals surface area contributed by atoms with Crippen molar-refractivity contribution in [3.05, 3.63) is 29.3 Å². The molecule has 0 amide bonds. The highest BCUT2D eigenvalue weighted by atomic mass is 32.1. The van der Waals surface area contributed by atoms with Crippen molar-refractivity contribution in [3.8, 4) is 0 Å². The van der Waals surface area contributed by atoms with E-state index >= 15 is 0 Å². The second kappa shape index (κ2) is 2.55. The number of fused-ring (bicyclic) bond motifs is 1. The number of benzene rings is 1. The van der Waals surface area contributed by atoms with E-state index in [9.17, 15) is 0 Å². The van der Waals surface area contributed by atoms with E-state index in [1.54, 1.807) is 0 Å². The van der Waals surface area contributed by atoms with E-state index in [2.05, 4.69) is 44.3 Å². The molecule has 1 aromatic rings. The van der Waals surface area contributed by atoms with E-state index in [-0.39, 0.29) is 5.41 Å². The molecule has 0 spiro atoms. The molecule has 13 heavy (non-hydrogen) atoms. The van der Waals surface area contributed by atoms with Gasteiger partial charge in [-0.3, -0.25) is 0 Å². The molecule has 0 aromatic heterocycles. The van der Waals surface area contributed by atoms with Crippen LogP contribution in [0.25, 0.3) is 0 Å². The van der Waals surface area contributed by atoms with Gasteiger partial charge in [0.25, 0.3) is 0 Å². The Morgan fingerprint density at radius 3 is 2.69 bits per heavy atom. The predicted octanol–water partition coefficient (Wildman–Crippen LogP) is 3.03. The number of aryl methyl sites for hydroxylation is 1. The van der Waals surface area contributed by atoms with Gasteiger partial charge in [0, 0.05) is 11.1 Å². The number of hydrogen-bond acceptors (Lipinski definition) is 1. The fraction of sp³-hybridized carbons (Fsp3) is 0.364. The van der Waals surface area contributed by atoms with Gasteiger partial charge in [0.2, 0.25) is 0 Å². The lowest BCUT2D eigenvalue weighted by atomic mass is 9.86. The summed E-state index contributed by atoms with van der Waals surface area (Å²) in [5, 5.41) is 3.26. The third-order valence-electron chi connectivity index (χ3n) is 2.66. The zero-order valence-electron chi connectivity index (χ0n) is 8.14. The highest BCUT2D eigenvalue weighted by molar-refractivity contribution is 7.80. The molecule has 2 rings (SSSR count). The molecule has 1 aliphatic rings. The van der Waals surface area contributed by atoms with Gasteiger partial charge in [-0.2, -0.15) is 0 Å². The number of hydrogen-bond donors (Lipinski definition) is 1. The van der Waals surface area contributed by atoms with Crippen LogP contribution in [-0.2, 0) is 5.41 Å². The topological polar surface area (TPSA) is 12.0 Å². The van der Waals surface area contributed by atoms with Crippen molar-refractivity contribution in [2.24, 2.45) is 0 Å². The van der Waals surface area contributed by atoms with Crippen LogP contribution in [0.2, 0.25) is 0 Å². The lowest BCUT2D eigenvalue weighted by molar-refractivity contribution is 0.747. The second-order valence-corrected chi connectivity index (χ2v) is 4.54. The average molecular weight is 191 g/mol. The summed E-state index contributed by atoms with van der Waals surface area (Å²) in [4.78, 5) is 0.924. The van der Waals surface area contributed by atoms with Gasteiger partial charge in [-0.1, -0.05) is 24.4 Å². The first-order valence-corrected chi connectivity index (χ1v) is 4.85. The van der Waals surface area contributed by atoms with Gasteiger partial charge >= 0.3 is 0 Å². The zero-order valence-corrected chi connectivity index (χ0v) is 8.96. The molecule has 0 unspecified atom stereocenters. The standard InChI is InChI=1S/C11H13NS/c1-7-4-5-8-9(6-7)12-10(13)11(8,2)3/h4-6H,1-3H3,(H,12,13). The Labute approximate surface area is 84.2 Å². The van der Waals surface area contributed by atoms with Crippen LogP contribution in [0.3, 0.4) is 0 Å². The molecule has 0 aliphatic carbocycles. The van der Waals surface area contributed by atoms with Crippen LogP contribution in [0.4, 0.5) is 5.69 Å². The van der Waals surface area contributed by atoms with E-state index in [0.29, 0.717) is 0 Å². The molecule has 0 saturated carbocycles. The van der Waals surface area contributed by atoms with Crippen LogP contribution in [0.5, 0.6) is 0 Å². The summed E-state index contributed by atoms with van der Waals surface area (Å²) in [5.41, 5.74) is 3.75. The fourth-order valence-corrected chi connectivity index (χ4v) is 1.93. The highest BCUT2D eigenvalue weighted by Crippen LogP contribution is 2.38. The molecule has 0 radical (unpaired) electrons. The third kappa shape index (κ3) is 1.17. The second-order valence-electron chi connectivity index (χ2n) is 4.13. The molecule has 0 bridgehead atoms. The minimum Gasteiger partial charge on any atom is -0.349 e. The van der Waals surface area contributed by atoms with Gasteiger partial charge in [-0.15, -0.1) is 0 Å². The normalized spacial score (nSPS) is 18.2. The molecular weight excluding hydrogens is 178 g/mol. The molecule has 0 atom stereocenters. The Kier molecular flexibility index (Phi) is 1.70. The van der Waals surface area contributed by atoms with E-state index in [4.69, 9.17) is 12.2 Å². The Morgan fingerprint density at radius 2 is 2.00 bits per heavy atom. The molecule has 0 fully saturated rings. The summed E-state index contributed by atoms with van der Waals surface area (Å²) in [6.07, 6.45) is 0. The Morgan fingerprint density at radius 1 is 1.31 bits per heavy atom. The first-order valence-electron chi connectivity index (χ1n) is 4.44. The largest absolute Gasteiger partial charge is 0.349 e. The molecule has 1 nitrogen and oxygen atoms in total. The van der Waals surface area contributed by atoms with E-state index < -0.39 is 0 Å². The molecular formula is C11H13NS. The Balaban J connectivity index is 2.62. The summed E-state index contributed by atoms with van der Waals surface area (Å²) in [7, 11) is 0. The van der Waals surface area contributed by atoms with E-state index in [0.717, 1.165) is 4.99 Å². The summed E-state index contributed by atoms with van der Waals surface area (Å²) in [6.45, 7) is 6.41.